The molecule has 3 nitrogen and oxygen atoms in total. The molecule has 1 unspecified atom stereocenters. The van der Waals surface area contributed by atoms with Crippen molar-refractivity contribution in [2.24, 2.45) is 0 Å². The number of hydrogen-bond donors (Lipinski definition) is 0. The zero-order chi connectivity index (χ0) is 19.1. The Morgan fingerprint density at radius 3 is 1.56 bits per heavy atom. The molecule has 0 aliphatic rings. The van der Waals surface area contributed by atoms with Crippen LogP contribution in [0.15, 0.2) is 54.6 Å². The highest BCUT2D eigenvalue weighted by atomic mass is 19.2. The van der Waals surface area contributed by atoms with Crippen molar-refractivity contribution in [3.63, 3.8) is 0 Å². The fourth-order valence-corrected chi connectivity index (χ4v) is 2.90. The van der Waals surface area contributed by atoms with E-state index < -0.39 is 40.7 Å². The van der Waals surface area contributed by atoms with Gasteiger partial charge in [0.2, 0.25) is 5.82 Å². The summed E-state index contributed by atoms with van der Waals surface area (Å²) in [5, 5.41) is 8.33. The normalized spacial score (nSPS) is 12.5. The summed E-state index contributed by atoms with van der Waals surface area (Å²) in [5.41, 5.74) is 0.0866. The Kier molecular flexibility index (Phi) is 4.10. The second kappa shape index (κ2) is 6.46. The van der Waals surface area contributed by atoms with Gasteiger partial charge in [0.15, 0.2) is 23.3 Å². The Morgan fingerprint density at radius 2 is 1.04 bits per heavy atom. The lowest BCUT2D eigenvalue weighted by Gasteiger charge is -2.19. The number of nitrogens with zero attached hydrogens (tertiary/aromatic N) is 3. The van der Waals surface area contributed by atoms with E-state index >= 15 is 0 Å². The van der Waals surface area contributed by atoms with Crippen LogP contribution in [-0.2, 0) is 0 Å². The lowest BCUT2D eigenvalue weighted by molar-refractivity contribution is 0.357. The van der Waals surface area contributed by atoms with E-state index in [2.05, 4.69) is 10.2 Å². The topological polar surface area (TPSA) is 30.7 Å². The van der Waals surface area contributed by atoms with Crippen LogP contribution in [0.3, 0.4) is 0 Å². The van der Waals surface area contributed by atoms with Crippen molar-refractivity contribution in [2.75, 3.05) is 0 Å². The van der Waals surface area contributed by atoms with Gasteiger partial charge in [-0.3, -0.25) is 0 Å². The Morgan fingerprint density at radius 1 is 0.593 bits per heavy atom. The van der Waals surface area contributed by atoms with Gasteiger partial charge in [-0.15, -0.1) is 0 Å². The lowest BCUT2D eigenvalue weighted by Crippen LogP contribution is -2.20. The average molecular weight is 375 g/mol. The van der Waals surface area contributed by atoms with Crippen molar-refractivity contribution in [1.82, 2.24) is 15.0 Å². The van der Waals surface area contributed by atoms with Crippen molar-refractivity contribution in [3.05, 3.63) is 94.8 Å². The molecule has 0 radical (unpaired) electrons. The van der Waals surface area contributed by atoms with E-state index in [-0.39, 0.29) is 5.56 Å². The summed E-state index contributed by atoms with van der Waals surface area (Å²) in [4.78, 5) is 0.957. The molecule has 3 aromatic carbocycles. The van der Waals surface area contributed by atoms with Crippen LogP contribution in [0.1, 0.15) is 17.2 Å². The number of aromatic nitrogens is 3. The molecule has 1 aromatic heterocycles. The molecular weight excluding hydrogens is 365 g/mol. The molecule has 0 fully saturated rings. The lowest BCUT2D eigenvalue weighted by atomic mass is 9.97. The molecule has 27 heavy (non-hydrogen) atoms. The van der Waals surface area contributed by atoms with E-state index in [0.29, 0.717) is 11.0 Å². The highest BCUT2D eigenvalue weighted by Crippen LogP contribution is 2.34. The molecule has 0 aliphatic carbocycles. The summed E-state index contributed by atoms with van der Waals surface area (Å²) >= 11 is 0. The van der Waals surface area contributed by atoms with Gasteiger partial charge < -0.3 is 0 Å². The van der Waals surface area contributed by atoms with E-state index in [4.69, 9.17) is 0 Å². The quantitative estimate of drug-likeness (QED) is 0.294. The summed E-state index contributed by atoms with van der Waals surface area (Å²) in [6.07, 6.45) is 0. The summed E-state index contributed by atoms with van der Waals surface area (Å²) < 4.78 is 70.0. The van der Waals surface area contributed by atoms with Crippen LogP contribution in [-0.4, -0.2) is 15.0 Å². The minimum atomic E-state index is -2.21. The van der Waals surface area contributed by atoms with E-state index in [1.807, 2.05) is 0 Å². The fourth-order valence-electron chi connectivity index (χ4n) is 2.90. The predicted octanol–water partition coefficient (Wildman–Crippen LogP) is 4.76. The van der Waals surface area contributed by atoms with Gasteiger partial charge >= 0.3 is 0 Å². The van der Waals surface area contributed by atoms with Gasteiger partial charge in [0.05, 0.1) is 5.56 Å². The fraction of sp³-hybridized carbons (Fsp3) is 0.0526. The first-order valence-electron chi connectivity index (χ1n) is 7.87. The number of benzene rings is 3. The zero-order valence-electron chi connectivity index (χ0n) is 13.5. The van der Waals surface area contributed by atoms with Gasteiger partial charge in [-0.05, 0) is 17.7 Å². The largest absolute Gasteiger partial charge is 0.203 e. The molecule has 0 spiro atoms. The summed E-state index contributed by atoms with van der Waals surface area (Å²) in [5.74, 6) is -10.1. The summed E-state index contributed by atoms with van der Waals surface area (Å²) in [6, 6.07) is 13.0. The third-order valence-electron chi connectivity index (χ3n) is 4.17. The number of halogens is 5. The smallest absolute Gasteiger partial charge is 0.200 e. The molecule has 0 saturated carbocycles. The van der Waals surface area contributed by atoms with Crippen LogP contribution in [0.25, 0.3) is 11.0 Å². The maximum absolute atomic E-state index is 14.5. The Labute approximate surface area is 149 Å². The first kappa shape index (κ1) is 17.1. The minimum Gasteiger partial charge on any atom is -0.203 e. The minimum absolute atomic E-state index is 0.265. The van der Waals surface area contributed by atoms with Crippen LogP contribution in [0.4, 0.5) is 22.0 Å². The molecule has 4 aromatic rings. The van der Waals surface area contributed by atoms with Crippen molar-refractivity contribution in [3.8, 4) is 0 Å². The zero-order valence-corrected chi connectivity index (χ0v) is 13.5. The summed E-state index contributed by atoms with van der Waals surface area (Å²) in [6.45, 7) is 0. The van der Waals surface area contributed by atoms with Crippen molar-refractivity contribution >= 4 is 11.0 Å². The Bertz CT molecular complexity index is 1080. The number of rotatable bonds is 3. The van der Waals surface area contributed by atoms with Gasteiger partial charge in [-0.2, -0.15) is 15.0 Å². The molecule has 8 heteroatoms. The van der Waals surface area contributed by atoms with Crippen LogP contribution in [0.2, 0.25) is 0 Å². The van der Waals surface area contributed by atoms with E-state index in [0.717, 1.165) is 4.80 Å². The van der Waals surface area contributed by atoms with Gasteiger partial charge in [0.1, 0.15) is 17.1 Å². The molecule has 4 rings (SSSR count). The number of hydrogen-bond acceptors (Lipinski definition) is 2. The molecule has 1 heterocycles. The van der Waals surface area contributed by atoms with Crippen LogP contribution in [0.5, 0.6) is 0 Å². The summed E-state index contributed by atoms with van der Waals surface area (Å²) in [7, 11) is 0. The van der Waals surface area contributed by atoms with E-state index in [1.165, 1.54) is 12.1 Å². The Hall–Kier alpha value is -3.29. The second-order valence-electron chi connectivity index (χ2n) is 5.81. The van der Waals surface area contributed by atoms with Crippen LogP contribution in [0, 0.1) is 29.1 Å². The predicted molar refractivity (Wildman–Crippen MR) is 87.4 cm³/mol. The SMILES string of the molecule is Fc1c(F)c(F)c(C(c2ccccc2)n2nc3ccccc3n2)c(F)c1F. The monoisotopic (exact) mass is 375 g/mol. The molecule has 0 saturated heterocycles. The van der Waals surface area contributed by atoms with Crippen molar-refractivity contribution in [2.45, 2.75) is 6.04 Å². The van der Waals surface area contributed by atoms with Gasteiger partial charge in [0, 0.05) is 0 Å². The Balaban J connectivity index is 2.04. The number of fused-ring (bicyclic) bond motifs is 1. The van der Waals surface area contributed by atoms with Gasteiger partial charge in [-0.25, -0.2) is 22.0 Å². The maximum Gasteiger partial charge on any atom is 0.200 e. The van der Waals surface area contributed by atoms with Crippen molar-refractivity contribution in [1.29, 1.82) is 0 Å². The standard InChI is InChI=1S/C19H10F5N3/c20-14-13(15(21)17(23)18(24)16(14)22)19(10-6-2-1-3-7-10)27-25-11-8-4-5-9-12(11)26-27/h1-9,19H. The van der Waals surface area contributed by atoms with E-state index in [1.54, 1.807) is 42.5 Å². The average Bonchev–Trinajstić information content (AvgIpc) is 3.12. The molecule has 0 amide bonds. The van der Waals surface area contributed by atoms with Crippen LogP contribution >= 0.6 is 0 Å². The highest BCUT2D eigenvalue weighted by Gasteiger charge is 2.33. The molecule has 0 N–H and O–H groups in total. The molecule has 1 atom stereocenters. The molecule has 0 aliphatic heterocycles. The molecule has 0 bridgehead atoms. The molecular formula is C19H10F5N3. The first-order chi connectivity index (χ1) is 13.0. The highest BCUT2D eigenvalue weighted by molar-refractivity contribution is 5.73. The third kappa shape index (κ3) is 2.73. The first-order valence-corrected chi connectivity index (χ1v) is 7.87. The van der Waals surface area contributed by atoms with Crippen LogP contribution < -0.4 is 0 Å². The second-order valence-corrected chi connectivity index (χ2v) is 5.81. The third-order valence-corrected chi connectivity index (χ3v) is 4.17. The van der Waals surface area contributed by atoms with E-state index in [9.17, 15) is 22.0 Å². The van der Waals surface area contributed by atoms with Gasteiger partial charge in [0.25, 0.3) is 0 Å². The van der Waals surface area contributed by atoms with Gasteiger partial charge in [-0.1, -0.05) is 42.5 Å². The molecule has 136 valence electrons. The maximum atomic E-state index is 14.5. The van der Waals surface area contributed by atoms with Crippen molar-refractivity contribution < 1.29 is 22.0 Å².